The van der Waals surface area contributed by atoms with E-state index in [0.29, 0.717) is 29.9 Å². The van der Waals surface area contributed by atoms with E-state index in [2.05, 4.69) is 33.5 Å². The number of rotatable bonds is 13. The van der Waals surface area contributed by atoms with Gasteiger partial charge < -0.3 is 25.4 Å². The van der Waals surface area contributed by atoms with Crippen molar-refractivity contribution >= 4 is 24.2 Å². The molecule has 0 saturated carbocycles. The lowest BCUT2D eigenvalue weighted by atomic mass is 9.98. The molecule has 4 rings (SSSR count). The van der Waals surface area contributed by atoms with Crippen LogP contribution in [0.15, 0.2) is 42.5 Å². The quantitative estimate of drug-likeness (QED) is 0.291. The lowest BCUT2D eigenvalue weighted by Gasteiger charge is -2.31. The predicted octanol–water partition coefficient (Wildman–Crippen LogP) is 3.15. The van der Waals surface area contributed by atoms with E-state index in [0.717, 1.165) is 82.0 Å². The van der Waals surface area contributed by atoms with Gasteiger partial charge in [0.25, 0.3) is 5.91 Å². The van der Waals surface area contributed by atoms with Crippen LogP contribution in [-0.2, 0) is 22.3 Å². The second kappa shape index (κ2) is 14.8. The highest BCUT2D eigenvalue weighted by atomic mass is 32.1. The summed E-state index contributed by atoms with van der Waals surface area (Å²) in [4.78, 5) is 16.0. The largest absolute Gasteiger partial charge is 0.385 e. The van der Waals surface area contributed by atoms with Crippen LogP contribution in [-0.4, -0.2) is 87.8 Å². The van der Waals surface area contributed by atoms with Gasteiger partial charge in [0, 0.05) is 75.0 Å². The van der Waals surface area contributed by atoms with E-state index >= 15 is 0 Å². The standard InChI is InChI=1S/C29H41FN4O3S/c1-36-13-10-25(20-34-11-14-37-15-12-34)33-29(35)28-17-24(31-18-26-16-27(38)19-32-26)9-6-22(28)5-2-21-3-7-23(30)8-4-21/h3-4,6-9,17,25-27,31-32,38H,2,5,10-16,18-20H2,1H3,(H,33,35)/t25-,26-,27-/m0/s1. The summed E-state index contributed by atoms with van der Waals surface area (Å²) in [5, 5.41) is 10.7. The Bertz CT molecular complexity index is 1020. The Morgan fingerprint density at radius 2 is 2.00 bits per heavy atom. The molecule has 0 radical (unpaired) electrons. The molecule has 0 aromatic heterocycles. The molecule has 2 heterocycles. The zero-order valence-electron chi connectivity index (χ0n) is 22.3. The number of ether oxygens (including phenoxy) is 2. The number of benzene rings is 2. The van der Waals surface area contributed by atoms with Crippen LogP contribution >= 0.6 is 12.6 Å². The van der Waals surface area contributed by atoms with Crippen LogP contribution < -0.4 is 16.0 Å². The van der Waals surface area contributed by atoms with Crippen molar-refractivity contribution in [2.75, 3.05) is 65.0 Å². The predicted molar refractivity (Wildman–Crippen MR) is 153 cm³/mol. The molecule has 2 aromatic rings. The first-order chi connectivity index (χ1) is 18.5. The van der Waals surface area contributed by atoms with Crippen LogP contribution in [0, 0.1) is 5.82 Å². The molecule has 2 aliphatic heterocycles. The van der Waals surface area contributed by atoms with Crippen molar-refractivity contribution in [3.05, 3.63) is 65.0 Å². The van der Waals surface area contributed by atoms with E-state index in [9.17, 15) is 9.18 Å². The van der Waals surface area contributed by atoms with Crippen molar-refractivity contribution in [2.24, 2.45) is 0 Å². The van der Waals surface area contributed by atoms with Crippen LogP contribution in [0.5, 0.6) is 0 Å². The maximum atomic E-state index is 13.7. The SMILES string of the molecule is COCC[C@@H](CN1CCOCC1)NC(=O)c1cc(NC[C@@H]2C[C@H](S)CN2)ccc1CCc1ccc(F)cc1. The van der Waals surface area contributed by atoms with Gasteiger partial charge in [0.1, 0.15) is 5.82 Å². The van der Waals surface area contributed by atoms with E-state index in [-0.39, 0.29) is 17.8 Å². The summed E-state index contributed by atoms with van der Waals surface area (Å²) >= 11 is 4.57. The number of nitrogens with one attached hydrogen (secondary N) is 3. The van der Waals surface area contributed by atoms with Crippen LogP contribution in [0.2, 0.25) is 0 Å². The monoisotopic (exact) mass is 544 g/mol. The fraction of sp³-hybridized carbons (Fsp3) is 0.552. The summed E-state index contributed by atoms with van der Waals surface area (Å²) in [6, 6.07) is 12.9. The van der Waals surface area contributed by atoms with Gasteiger partial charge in [-0.3, -0.25) is 9.69 Å². The first-order valence-electron chi connectivity index (χ1n) is 13.6. The highest BCUT2D eigenvalue weighted by Gasteiger charge is 2.23. The second-order valence-corrected chi connectivity index (χ2v) is 11.0. The second-order valence-electron chi connectivity index (χ2n) is 10.2. The van der Waals surface area contributed by atoms with Gasteiger partial charge in [-0.05, 0) is 61.1 Å². The molecule has 3 atom stereocenters. The third-order valence-corrected chi connectivity index (χ3v) is 7.68. The van der Waals surface area contributed by atoms with Crippen molar-refractivity contribution in [3.8, 4) is 0 Å². The Morgan fingerprint density at radius 1 is 1.21 bits per heavy atom. The number of carbonyl (C=O) groups is 1. The lowest BCUT2D eigenvalue weighted by Crippen LogP contribution is -2.47. The number of hydrogen-bond donors (Lipinski definition) is 4. The molecule has 2 fully saturated rings. The molecular weight excluding hydrogens is 503 g/mol. The number of amides is 1. The summed E-state index contributed by atoms with van der Waals surface area (Å²) in [6.07, 6.45) is 3.17. The molecule has 2 saturated heterocycles. The highest BCUT2D eigenvalue weighted by molar-refractivity contribution is 7.81. The molecule has 0 aliphatic carbocycles. The minimum atomic E-state index is -0.243. The highest BCUT2D eigenvalue weighted by Crippen LogP contribution is 2.20. The Balaban J connectivity index is 1.47. The minimum Gasteiger partial charge on any atom is -0.385 e. The minimum absolute atomic E-state index is 0.0304. The molecule has 7 nitrogen and oxygen atoms in total. The Morgan fingerprint density at radius 3 is 2.71 bits per heavy atom. The molecule has 2 aliphatic rings. The number of methoxy groups -OCH3 is 1. The van der Waals surface area contributed by atoms with Gasteiger partial charge in [0.15, 0.2) is 0 Å². The molecule has 0 unspecified atom stereocenters. The number of aryl methyl sites for hydroxylation is 2. The summed E-state index contributed by atoms with van der Waals surface area (Å²) in [6.45, 7) is 6.20. The van der Waals surface area contributed by atoms with Gasteiger partial charge >= 0.3 is 0 Å². The van der Waals surface area contributed by atoms with E-state index < -0.39 is 0 Å². The molecule has 38 heavy (non-hydrogen) atoms. The van der Waals surface area contributed by atoms with Gasteiger partial charge in [-0.15, -0.1) is 0 Å². The molecule has 208 valence electrons. The molecule has 0 spiro atoms. The van der Waals surface area contributed by atoms with Crippen LogP contribution in [0.3, 0.4) is 0 Å². The van der Waals surface area contributed by atoms with E-state index in [1.54, 1.807) is 19.2 Å². The summed E-state index contributed by atoms with van der Waals surface area (Å²) in [5.74, 6) is -0.320. The van der Waals surface area contributed by atoms with Crippen molar-refractivity contribution in [1.29, 1.82) is 0 Å². The fourth-order valence-electron chi connectivity index (χ4n) is 5.07. The number of nitrogens with zero attached hydrogens (tertiary/aromatic N) is 1. The summed E-state index contributed by atoms with van der Waals surface area (Å²) < 4.78 is 24.2. The average molecular weight is 545 g/mol. The maximum absolute atomic E-state index is 13.7. The number of anilines is 1. The maximum Gasteiger partial charge on any atom is 0.251 e. The first-order valence-corrected chi connectivity index (χ1v) is 14.1. The van der Waals surface area contributed by atoms with Gasteiger partial charge in [0.05, 0.1) is 13.2 Å². The fourth-order valence-corrected chi connectivity index (χ4v) is 5.43. The molecule has 0 bridgehead atoms. The van der Waals surface area contributed by atoms with Crippen molar-refractivity contribution in [1.82, 2.24) is 15.5 Å². The number of carbonyl (C=O) groups excluding carboxylic acids is 1. The van der Waals surface area contributed by atoms with Crippen LogP contribution in [0.25, 0.3) is 0 Å². The van der Waals surface area contributed by atoms with Gasteiger partial charge in [0.2, 0.25) is 0 Å². The number of morpholine rings is 1. The summed E-state index contributed by atoms with van der Waals surface area (Å²) in [5.41, 5.74) is 3.61. The molecule has 2 aromatic carbocycles. The van der Waals surface area contributed by atoms with Crippen molar-refractivity contribution in [3.63, 3.8) is 0 Å². The normalized spacial score (nSPS) is 20.8. The lowest BCUT2D eigenvalue weighted by molar-refractivity contribution is 0.0314. The summed E-state index contributed by atoms with van der Waals surface area (Å²) in [7, 11) is 1.69. The third-order valence-electron chi connectivity index (χ3n) is 7.29. The van der Waals surface area contributed by atoms with Gasteiger partial charge in [-0.1, -0.05) is 18.2 Å². The van der Waals surface area contributed by atoms with E-state index in [1.165, 1.54) is 12.1 Å². The smallest absolute Gasteiger partial charge is 0.251 e. The average Bonchev–Trinajstić information content (AvgIpc) is 3.36. The van der Waals surface area contributed by atoms with Crippen LogP contribution in [0.4, 0.5) is 10.1 Å². The Labute approximate surface area is 231 Å². The van der Waals surface area contributed by atoms with Gasteiger partial charge in [-0.25, -0.2) is 4.39 Å². The van der Waals surface area contributed by atoms with Crippen molar-refractivity contribution in [2.45, 2.75) is 43.0 Å². The van der Waals surface area contributed by atoms with Crippen LogP contribution in [0.1, 0.15) is 34.3 Å². The zero-order chi connectivity index (χ0) is 26.7. The zero-order valence-corrected chi connectivity index (χ0v) is 23.2. The number of thiol groups is 1. The topological polar surface area (TPSA) is 74.9 Å². The Kier molecular flexibility index (Phi) is 11.3. The Hall–Kier alpha value is -2.17. The molecule has 1 amide bonds. The molecular formula is C29H41FN4O3S. The first kappa shape index (κ1) is 28.8. The number of halogens is 1. The molecule has 9 heteroatoms. The number of hydrogen-bond acceptors (Lipinski definition) is 7. The van der Waals surface area contributed by atoms with E-state index in [1.807, 2.05) is 18.2 Å². The van der Waals surface area contributed by atoms with Gasteiger partial charge in [-0.2, -0.15) is 12.6 Å². The third kappa shape index (κ3) is 8.95. The van der Waals surface area contributed by atoms with Crippen molar-refractivity contribution < 1.29 is 18.7 Å². The van der Waals surface area contributed by atoms with E-state index in [4.69, 9.17) is 9.47 Å². The molecule has 3 N–H and O–H groups in total.